The molecule has 0 atom stereocenters. The molecule has 1 aliphatic carbocycles. The van der Waals surface area contributed by atoms with Gasteiger partial charge in [-0.3, -0.25) is 0 Å². The number of benzene rings is 5. The Balaban J connectivity index is 0.000000172. The number of hydrogen-bond donors (Lipinski definition) is 0. The average Bonchev–Trinajstić information content (AvgIpc) is 3.59. The van der Waals surface area contributed by atoms with E-state index in [2.05, 4.69) is 135 Å². The summed E-state index contributed by atoms with van der Waals surface area (Å²) in [5.41, 5.74) is 9.63. The van der Waals surface area contributed by atoms with Gasteiger partial charge >= 0.3 is 37.9 Å². The molecule has 0 spiro atoms. The first-order chi connectivity index (χ1) is 20.1. The molecule has 2 radical (unpaired) electrons. The van der Waals surface area contributed by atoms with Gasteiger partial charge in [0, 0.05) is 9.52 Å². The fraction of sp³-hybridized carbons (Fsp3) is 0.162. The minimum atomic E-state index is -0.826. The van der Waals surface area contributed by atoms with Gasteiger partial charge in [-0.25, -0.2) is 0 Å². The van der Waals surface area contributed by atoms with Gasteiger partial charge in [0.25, 0.3) is 0 Å². The van der Waals surface area contributed by atoms with Crippen molar-refractivity contribution in [3.05, 3.63) is 138 Å². The summed E-state index contributed by atoms with van der Waals surface area (Å²) in [7, 11) is 11.0. The maximum absolute atomic E-state index is 4.93. The molecule has 0 heterocycles. The van der Waals surface area contributed by atoms with Crippen LogP contribution >= 0.6 is 17.0 Å². The molecule has 0 aliphatic heterocycles. The molecule has 0 saturated carbocycles. The van der Waals surface area contributed by atoms with Crippen LogP contribution in [0.5, 0.6) is 0 Å². The molecular weight excluding hydrogens is 635 g/mol. The Morgan fingerprint density at radius 3 is 2.15 bits per heavy atom. The number of fused-ring (bicyclic) bond motifs is 5. The number of halogens is 2. The Labute approximate surface area is 266 Å². The van der Waals surface area contributed by atoms with Crippen molar-refractivity contribution < 1.29 is 20.8 Å². The molecule has 0 unspecified atom stereocenters. The SMILES string of the molecule is CCCc1cc2c(-c3cccc4ccccc34)cccc2[cH-]1.C[Si]C.[Cl][Zr+2][Cl].[c-]1cccc2c1Cc1ccccc1-2. The third-order valence-corrected chi connectivity index (χ3v) is 7.05. The molecule has 204 valence electrons. The van der Waals surface area contributed by atoms with E-state index >= 15 is 0 Å². The number of aryl methyl sites for hydroxylation is 1. The van der Waals surface area contributed by atoms with Crippen LogP contribution in [0, 0.1) is 6.07 Å². The molecule has 4 heteroatoms. The van der Waals surface area contributed by atoms with Crippen molar-refractivity contribution in [3.63, 3.8) is 0 Å². The molecule has 0 saturated heterocycles. The van der Waals surface area contributed by atoms with E-state index in [0.29, 0.717) is 0 Å². The molecule has 0 nitrogen and oxygen atoms in total. The Hall–Kier alpha value is -2.35. The Bertz CT molecular complexity index is 1640. The topological polar surface area (TPSA) is 0 Å². The summed E-state index contributed by atoms with van der Waals surface area (Å²) in [6, 6.07) is 44.7. The van der Waals surface area contributed by atoms with Crippen molar-refractivity contribution in [2.45, 2.75) is 39.3 Å². The first-order valence-electron chi connectivity index (χ1n) is 13.9. The van der Waals surface area contributed by atoms with Gasteiger partial charge in [-0.05, 0) is 29.2 Å². The van der Waals surface area contributed by atoms with E-state index in [-0.39, 0.29) is 0 Å². The van der Waals surface area contributed by atoms with E-state index < -0.39 is 20.8 Å². The summed E-state index contributed by atoms with van der Waals surface area (Å²) in [5, 5.41) is 5.37. The van der Waals surface area contributed by atoms with Crippen LogP contribution in [0.1, 0.15) is 30.0 Å². The fourth-order valence-electron chi connectivity index (χ4n) is 5.42. The summed E-state index contributed by atoms with van der Waals surface area (Å²) in [4.78, 5) is 0. The van der Waals surface area contributed by atoms with Gasteiger partial charge in [0.15, 0.2) is 0 Å². The summed E-state index contributed by atoms with van der Waals surface area (Å²) in [5.74, 6) is 0. The van der Waals surface area contributed by atoms with E-state index in [9.17, 15) is 0 Å². The summed E-state index contributed by atoms with van der Waals surface area (Å²) in [6.07, 6.45) is 3.40. The van der Waals surface area contributed by atoms with Gasteiger partial charge in [-0.15, -0.1) is 40.1 Å². The molecular formula is C37H34Cl2SiZr. The zero-order valence-electron chi connectivity index (χ0n) is 23.8. The van der Waals surface area contributed by atoms with Crippen molar-refractivity contribution in [2.24, 2.45) is 0 Å². The minimum Gasteiger partial charge on any atom is -0.179 e. The first-order valence-corrected chi connectivity index (χ1v) is 22.3. The van der Waals surface area contributed by atoms with Gasteiger partial charge < -0.3 is 0 Å². The predicted octanol–water partition coefficient (Wildman–Crippen LogP) is 11.6. The molecule has 0 N–H and O–H groups in total. The molecule has 0 amide bonds. The zero-order chi connectivity index (χ0) is 29.0. The van der Waals surface area contributed by atoms with E-state index in [1.165, 1.54) is 66.9 Å². The molecule has 6 aromatic carbocycles. The van der Waals surface area contributed by atoms with Crippen LogP contribution in [0.2, 0.25) is 13.1 Å². The predicted molar refractivity (Wildman–Crippen MR) is 179 cm³/mol. The van der Waals surface area contributed by atoms with Crippen molar-refractivity contribution in [1.82, 2.24) is 0 Å². The second-order valence-corrected chi connectivity index (χ2v) is 14.6. The molecule has 6 aromatic rings. The van der Waals surface area contributed by atoms with Crippen LogP contribution in [-0.4, -0.2) is 9.52 Å². The fourth-order valence-corrected chi connectivity index (χ4v) is 5.42. The van der Waals surface area contributed by atoms with Gasteiger partial charge in [0.1, 0.15) is 0 Å². The maximum atomic E-state index is 4.93. The van der Waals surface area contributed by atoms with Gasteiger partial charge in [-0.2, -0.15) is 35.9 Å². The molecule has 0 bridgehead atoms. The summed E-state index contributed by atoms with van der Waals surface area (Å²) < 4.78 is 0. The van der Waals surface area contributed by atoms with Gasteiger partial charge in [-0.1, -0.05) is 116 Å². The summed E-state index contributed by atoms with van der Waals surface area (Å²) in [6.45, 7) is 6.54. The van der Waals surface area contributed by atoms with Crippen LogP contribution in [0.25, 0.3) is 43.8 Å². The average molecular weight is 669 g/mol. The minimum absolute atomic E-state index is 0.826. The van der Waals surface area contributed by atoms with Gasteiger partial charge in [0.05, 0.1) is 0 Å². The van der Waals surface area contributed by atoms with E-state index in [1.54, 1.807) is 0 Å². The quantitative estimate of drug-likeness (QED) is 0.130. The van der Waals surface area contributed by atoms with E-state index in [0.717, 1.165) is 22.4 Å². The van der Waals surface area contributed by atoms with Crippen LogP contribution in [0.4, 0.5) is 0 Å². The van der Waals surface area contributed by atoms with Crippen molar-refractivity contribution in [1.29, 1.82) is 0 Å². The smallest absolute Gasteiger partial charge is 0.0253 e. The van der Waals surface area contributed by atoms with E-state index in [4.69, 9.17) is 17.0 Å². The van der Waals surface area contributed by atoms with Crippen molar-refractivity contribution >= 4 is 48.1 Å². The third kappa shape index (κ3) is 7.94. The normalized spacial score (nSPS) is 10.7. The van der Waals surface area contributed by atoms with Gasteiger partial charge in [0.2, 0.25) is 0 Å². The Kier molecular flexibility index (Phi) is 12.6. The zero-order valence-corrected chi connectivity index (χ0v) is 28.8. The molecule has 1 aliphatic rings. The number of rotatable bonds is 3. The van der Waals surface area contributed by atoms with Crippen LogP contribution < -0.4 is 0 Å². The van der Waals surface area contributed by atoms with Crippen molar-refractivity contribution in [3.8, 4) is 22.3 Å². The maximum Gasteiger partial charge on any atom is -0.0253 e. The van der Waals surface area contributed by atoms with Crippen molar-refractivity contribution in [2.75, 3.05) is 0 Å². The molecule has 41 heavy (non-hydrogen) atoms. The Morgan fingerprint density at radius 1 is 0.756 bits per heavy atom. The van der Waals surface area contributed by atoms with Crippen LogP contribution in [0.15, 0.2) is 115 Å². The first kappa shape index (κ1) is 31.6. The monoisotopic (exact) mass is 666 g/mol. The molecule has 7 rings (SSSR count). The van der Waals surface area contributed by atoms with Crippen LogP contribution in [-0.2, 0) is 33.7 Å². The Morgan fingerprint density at radius 2 is 1.37 bits per heavy atom. The van der Waals surface area contributed by atoms with Crippen LogP contribution in [0.3, 0.4) is 0 Å². The standard InChI is InChI=1S/C22H19.C13H9.C2H6Si.2ClH.Zr/c1-2-7-16-14-18-10-6-13-21(22(18)15-16)20-12-5-9-17-8-3-4-11-19(17)20;1-3-7-12-10(5-1)9-11-6-2-4-8-13(11)12;1-3-2;;;/h3-6,8-15H,2,7H2,1H3;1-5,7-8H,9H2;1-2H3;2*1H;/q2*-1;;;;+4/p-2. The molecule has 0 fully saturated rings. The number of hydrogen-bond acceptors (Lipinski definition) is 0. The third-order valence-electron chi connectivity index (χ3n) is 7.05. The van der Waals surface area contributed by atoms with E-state index in [1.807, 2.05) is 6.07 Å². The summed E-state index contributed by atoms with van der Waals surface area (Å²) >= 11 is -0.826. The second-order valence-electron chi connectivity index (χ2n) is 9.92. The molecule has 0 aromatic heterocycles. The second kappa shape index (κ2) is 16.3. The largest absolute Gasteiger partial charge is 0.179 e.